The zero-order valence-corrected chi connectivity index (χ0v) is 30.1. The molecule has 6 rings (SSSR count). The Morgan fingerprint density at radius 1 is 0.840 bits per heavy atom. The zero-order chi connectivity index (χ0) is 36.3. The van der Waals surface area contributed by atoms with Crippen LogP contribution in [0.3, 0.4) is 0 Å². The smallest absolute Gasteiger partial charge is 0.320 e. The number of thioether (sulfide) groups is 2. The number of anilines is 2. The summed E-state index contributed by atoms with van der Waals surface area (Å²) in [6.07, 6.45) is 0. The number of H-pyrrole nitrogens is 1. The second-order valence-electron chi connectivity index (χ2n) is 9.61. The Kier molecular flexibility index (Phi) is 13.3. The second-order valence-corrected chi connectivity index (χ2v) is 13.3. The van der Waals surface area contributed by atoms with Gasteiger partial charge < -0.3 is 14.8 Å². The minimum absolute atomic E-state index is 0.00410. The van der Waals surface area contributed by atoms with Crippen molar-refractivity contribution in [2.24, 2.45) is 7.05 Å². The van der Waals surface area contributed by atoms with E-state index >= 15 is 0 Å². The maximum absolute atomic E-state index is 14.5. The van der Waals surface area contributed by atoms with Crippen molar-refractivity contribution in [2.45, 2.75) is 34.7 Å². The van der Waals surface area contributed by atoms with E-state index in [9.17, 15) is 27.2 Å². The summed E-state index contributed by atoms with van der Waals surface area (Å²) in [6.45, 7) is 4.00. The molecule has 0 saturated carbocycles. The lowest BCUT2D eigenvalue weighted by Crippen LogP contribution is -2.39. The second kappa shape index (κ2) is 17.4. The van der Waals surface area contributed by atoms with Crippen LogP contribution < -0.4 is 10.2 Å². The molecule has 0 bridgehead atoms. The van der Waals surface area contributed by atoms with Gasteiger partial charge in [-0.2, -0.15) is 40.2 Å². The summed E-state index contributed by atoms with van der Waals surface area (Å²) in [5, 5.41) is 16.0. The quantitative estimate of drug-likeness (QED) is 0.105. The Morgan fingerprint density at radius 3 is 2.04 bits per heavy atom. The van der Waals surface area contributed by atoms with E-state index in [4.69, 9.17) is 0 Å². The van der Waals surface area contributed by atoms with E-state index in [2.05, 4.69) is 30.7 Å². The molecular formula is C32H30F4N8O2S4. The van der Waals surface area contributed by atoms with Crippen LogP contribution in [0.4, 0.5) is 28.9 Å². The first-order valence-corrected chi connectivity index (χ1v) is 18.2. The Balaban J connectivity index is 0.000000215. The van der Waals surface area contributed by atoms with Crippen LogP contribution in [0.2, 0.25) is 0 Å². The summed E-state index contributed by atoms with van der Waals surface area (Å²) < 4.78 is 58.4. The number of hydrogen-bond donors (Lipinski definition) is 2. The molecule has 50 heavy (non-hydrogen) atoms. The van der Waals surface area contributed by atoms with Crippen LogP contribution in [0.1, 0.15) is 13.8 Å². The minimum Gasteiger partial charge on any atom is -0.320 e. The minimum atomic E-state index is -3.69. The number of carbonyl (C=O) groups is 2. The van der Waals surface area contributed by atoms with E-state index in [-0.39, 0.29) is 33.8 Å². The lowest BCUT2D eigenvalue weighted by Gasteiger charge is -2.22. The van der Waals surface area contributed by atoms with Gasteiger partial charge in [0, 0.05) is 59.1 Å². The van der Waals surface area contributed by atoms with Gasteiger partial charge in [-0.1, -0.05) is 50.2 Å². The normalized spacial score (nSPS) is 11.1. The standard InChI is InChI=1S/C16H14F2N4OS2.C14H10F2N4OS2.C2H6/c1-21(12-6-4-3-5-7-12)14(23)16(17,18)25-15-20-19-13(22(15)2)11-8-9-24-10-11;15-14(16,12(21)17-10-4-2-1-3-5-10)23-13-18-11(19-20-13)9-6-7-22-8-9;1-2/h3-10H,1-2H3;1-8H,(H,17,21)(H,18,19,20);1-2H3. The predicted octanol–water partition coefficient (Wildman–Crippen LogP) is 8.77. The van der Waals surface area contributed by atoms with Crippen molar-refractivity contribution in [1.29, 1.82) is 0 Å². The molecule has 6 aromatic rings. The Morgan fingerprint density at radius 2 is 1.44 bits per heavy atom. The van der Waals surface area contributed by atoms with Gasteiger partial charge in [0.1, 0.15) is 0 Å². The van der Waals surface area contributed by atoms with Crippen LogP contribution in [0.15, 0.2) is 105 Å². The summed E-state index contributed by atoms with van der Waals surface area (Å²) in [4.78, 5) is 28.8. The number of benzene rings is 2. The summed E-state index contributed by atoms with van der Waals surface area (Å²) >= 11 is 3.02. The lowest BCUT2D eigenvalue weighted by molar-refractivity contribution is -0.131. The number of carbonyl (C=O) groups excluding carboxylic acids is 2. The van der Waals surface area contributed by atoms with E-state index in [1.807, 2.05) is 41.4 Å². The van der Waals surface area contributed by atoms with Gasteiger partial charge in [0.2, 0.25) is 5.16 Å². The van der Waals surface area contributed by atoms with Gasteiger partial charge in [-0.3, -0.25) is 14.7 Å². The largest absolute Gasteiger partial charge is 0.378 e. The zero-order valence-electron chi connectivity index (χ0n) is 26.9. The number of aromatic amines is 1. The van der Waals surface area contributed by atoms with Crippen LogP contribution in [0, 0.1) is 0 Å². The van der Waals surface area contributed by atoms with Gasteiger partial charge in [-0.05, 0) is 58.9 Å². The van der Waals surface area contributed by atoms with Gasteiger partial charge in [-0.15, -0.1) is 15.3 Å². The average molecular weight is 763 g/mol. The van der Waals surface area contributed by atoms with Crippen molar-refractivity contribution in [3.8, 4) is 22.8 Å². The van der Waals surface area contributed by atoms with Gasteiger partial charge >= 0.3 is 22.3 Å². The number of nitrogens with one attached hydrogen (secondary N) is 2. The molecule has 2 aromatic carbocycles. The topological polar surface area (TPSA) is 122 Å². The summed E-state index contributed by atoms with van der Waals surface area (Å²) in [5.41, 5.74) is 2.24. The number of halogens is 4. The van der Waals surface area contributed by atoms with Crippen molar-refractivity contribution < 1.29 is 27.2 Å². The number of nitrogens with zero attached hydrogens (tertiary/aromatic N) is 6. The fourth-order valence-electron chi connectivity index (χ4n) is 3.88. The molecule has 0 radical (unpaired) electrons. The van der Waals surface area contributed by atoms with Gasteiger partial charge in [0.05, 0.1) is 0 Å². The molecule has 18 heteroatoms. The molecule has 0 aliphatic carbocycles. The molecule has 0 saturated heterocycles. The van der Waals surface area contributed by atoms with E-state index in [1.54, 1.807) is 61.6 Å². The van der Waals surface area contributed by atoms with Gasteiger partial charge in [0.15, 0.2) is 16.8 Å². The molecule has 0 aliphatic heterocycles. The molecule has 0 unspecified atom stereocenters. The third-order valence-electron chi connectivity index (χ3n) is 6.31. The average Bonchev–Trinajstić information content (AvgIpc) is 3.96. The molecular weight excluding hydrogens is 733 g/mol. The van der Waals surface area contributed by atoms with Crippen LogP contribution in [0.25, 0.3) is 22.8 Å². The summed E-state index contributed by atoms with van der Waals surface area (Å²) in [5.74, 6) is -1.88. The van der Waals surface area contributed by atoms with Crippen molar-refractivity contribution in [2.75, 3.05) is 17.3 Å². The highest BCUT2D eigenvalue weighted by Crippen LogP contribution is 2.38. The van der Waals surface area contributed by atoms with Crippen LogP contribution >= 0.6 is 46.2 Å². The van der Waals surface area contributed by atoms with E-state index in [0.29, 0.717) is 23.0 Å². The van der Waals surface area contributed by atoms with Crippen molar-refractivity contribution in [3.05, 3.63) is 94.3 Å². The van der Waals surface area contributed by atoms with Crippen LogP contribution in [-0.4, -0.2) is 59.3 Å². The molecule has 4 aromatic heterocycles. The van der Waals surface area contributed by atoms with Crippen molar-refractivity contribution in [1.82, 2.24) is 29.9 Å². The monoisotopic (exact) mass is 762 g/mol. The number of alkyl halides is 4. The van der Waals surface area contributed by atoms with Crippen molar-refractivity contribution in [3.63, 3.8) is 0 Å². The fraction of sp³-hybridized carbons (Fsp3) is 0.188. The molecule has 2 amide bonds. The maximum Gasteiger partial charge on any atom is 0.378 e. The first-order valence-electron chi connectivity index (χ1n) is 14.6. The maximum atomic E-state index is 14.5. The number of para-hydroxylation sites is 2. The molecule has 2 N–H and O–H groups in total. The Labute approximate surface area is 301 Å². The van der Waals surface area contributed by atoms with Crippen LogP contribution in [-0.2, 0) is 16.6 Å². The molecule has 0 atom stereocenters. The molecule has 0 fully saturated rings. The number of rotatable bonds is 10. The van der Waals surface area contributed by atoms with Gasteiger partial charge in [0.25, 0.3) is 0 Å². The molecule has 0 spiro atoms. The number of thiophene rings is 2. The first kappa shape index (κ1) is 38.3. The molecule has 0 aliphatic rings. The SMILES string of the molecule is CC.CN(C(=O)C(F)(F)Sc1nnc(-c2ccsc2)n1C)c1ccccc1.O=C(Nc1ccccc1)C(F)(F)Sc1n[nH]c(-c2ccsc2)n1. The summed E-state index contributed by atoms with van der Waals surface area (Å²) in [6, 6.07) is 20.0. The first-order chi connectivity index (χ1) is 23.9. The van der Waals surface area contributed by atoms with Gasteiger partial charge in [-0.25, -0.2) is 4.98 Å². The lowest BCUT2D eigenvalue weighted by atomic mass is 10.3. The van der Waals surface area contributed by atoms with Crippen LogP contribution in [0.5, 0.6) is 0 Å². The third kappa shape index (κ3) is 9.80. The fourth-order valence-corrected chi connectivity index (χ4v) is 6.51. The highest BCUT2D eigenvalue weighted by Gasteiger charge is 2.45. The summed E-state index contributed by atoms with van der Waals surface area (Å²) in [7, 11) is 2.91. The van der Waals surface area contributed by atoms with E-state index < -0.39 is 22.3 Å². The Hall–Kier alpha value is -4.52. The van der Waals surface area contributed by atoms with E-state index in [0.717, 1.165) is 16.0 Å². The number of amides is 2. The molecule has 262 valence electrons. The highest BCUT2D eigenvalue weighted by molar-refractivity contribution is 8.01. The predicted molar refractivity (Wildman–Crippen MR) is 192 cm³/mol. The number of aromatic nitrogens is 6. The molecule has 10 nitrogen and oxygen atoms in total. The van der Waals surface area contributed by atoms with E-state index in [1.165, 1.54) is 46.4 Å². The Bertz CT molecular complexity index is 1940. The highest BCUT2D eigenvalue weighted by atomic mass is 32.2. The number of hydrogen-bond acceptors (Lipinski definition) is 10. The third-order valence-corrected chi connectivity index (χ3v) is 9.45. The molecule has 4 heterocycles. The van der Waals surface area contributed by atoms with Crippen molar-refractivity contribution >= 4 is 69.4 Å².